The number of ether oxygens (including phenoxy) is 1. The van der Waals surface area contributed by atoms with Crippen molar-refractivity contribution < 1.29 is 14.9 Å². The monoisotopic (exact) mass is 305 g/mol. The van der Waals surface area contributed by atoms with Crippen LogP contribution in [-0.4, -0.2) is 53.6 Å². The van der Waals surface area contributed by atoms with Crippen LogP contribution in [-0.2, 0) is 4.74 Å². The molecular weight excluding hydrogens is 286 g/mol. The number of allylic oxidation sites excluding steroid dienone is 1. The predicted octanol–water partition coefficient (Wildman–Crippen LogP) is 2.16. The number of non-ortho nitro benzene ring substituents is 1. The topological polar surface area (TPSA) is 88.2 Å². The first-order valence-corrected chi connectivity index (χ1v) is 7.12. The lowest BCUT2D eigenvalue weighted by Gasteiger charge is -2.26. The SMILES string of the molecule is O=[N+]([O-])c1ccc(/C=C/C(CCN2CCOCC2)=N/O)cc1. The van der Waals surface area contributed by atoms with Crippen molar-refractivity contribution in [3.63, 3.8) is 0 Å². The Balaban J connectivity index is 1.87. The van der Waals surface area contributed by atoms with Crippen LogP contribution in [0.3, 0.4) is 0 Å². The fourth-order valence-electron chi connectivity index (χ4n) is 2.16. The number of hydrogen-bond donors (Lipinski definition) is 1. The molecule has 7 nitrogen and oxygen atoms in total. The van der Waals surface area contributed by atoms with E-state index in [1.165, 1.54) is 12.1 Å². The zero-order valence-corrected chi connectivity index (χ0v) is 12.2. The van der Waals surface area contributed by atoms with Crippen LogP contribution >= 0.6 is 0 Å². The first-order chi connectivity index (χ1) is 10.7. The highest BCUT2D eigenvalue weighted by atomic mass is 16.6. The van der Waals surface area contributed by atoms with Gasteiger partial charge in [0, 0.05) is 38.2 Å². The van der Waals surface area contributed by atoms with Gasteiger partial charge in [0.1, 0.15) is 0 Å². The number of benzene rings is 1. The zero-order valence-electron chi connectivity index (χ0n) is 12.2. The Bertz CT molecular complexity index is 548. The molecule has 0 amide bonds. The van der Waals surface area contributed by atoms with E-state index in [2.05, 4.69) is 10.1 Å². The highest BCUT2D eigenvalue weighted by Gasteiger charge is 2.10. The van der Waals surface area contributed by atoms with Crippen LogP contribution in [0.2, 0.25) is 0 Å². The van der Waals surface area contributed by atoms with Crippen molar-refractivity contribution in [2.45, 2.75) is 6.42 Å². The Morgan fingerprint density at radius 1 is 1.36 bits per heavy atom. The van der Waals surface area contributed by atoms with E-state index < -0.39 is 4.92 Å². The number of rotatable bonds is 6. The average Bonchev–Trinajstić information content (AvgIpc) is 2.56. The fraction of sp³-hybridized carbons (Fsp3) is 0.400. The highest BCUT2D eigenvalue weighted by Crippen LogP contribution is 2.13. The van der Waals surface area contributed by atoms with Crippen LogP contribution in [0.25, 0.3) is 6.08 Å². The molecule has 0 spiro atoms. The van der Waals surface area contributed by atoms with Crippen LogP contribution in [0.15, 0.2) is 35.5 Å². The average molecular weight is 305 g/mol. The Hall–Kier alpha value is -2.25. The molecule has 1 N–H and O–H groups in total. The quantitative estimate of drug-likeness (QED) is 0.376. The van der Waals surface area contributed by atoms with Gasteiger partial charge in [-0.15, -0.1) is 0 Å². The number of nitro benzene ring substituents is 1. The van der Waals surface area contributed by atoms with E-state index in [9.17, 15) is 10.1 Å². The smallest absolute Gasteiger partial charge is 0.269 e. The Morgan fingerprint density at radius 3 is 2.64 bits per heavy atom. The molecule has 2 rings (SSSR count). The van der Waals surface area contributed by atoms with Gasteiger partial charge in [-0.05, 0) is 23.8 Å². The molecule has 0 atom stereocenters. The molecule has 1 fully saturated rings. The minimum absolute atomic E-state index is 0.0560. The maximum absolute atomic E-state index is 10.6. The third-order valence-corrected chi connectivity index (χ3v) is 3.49. The minimum atomic E-state index is -0.434. The molecule has 0 saturated carbocycles. The molecule has 0 aromatic heterocycles. The zero-order chi connectivity index (χ0) is 15.8. The second kappa shape index (κ2) is 8.26. The molecular formula is C15H19N3O4. The normalized spacial score (nSPS) is 17.0. The summed E-state index contributed by atoms with van der Waals surface area (Å²) in [4.78, 5) is 12.4. The Kier molecular flexibility index (Phi) is 6.05. The van der Waals surface area contributed by atoms with E-state index in [0.717, 1.165) is 38.4 Å². The summed E-state index contributed by atoms with van der Waals surface area (Å²) >= 11 is 0. The second-order valence-corrected chi connectivity index (χ2v) is 4.98. The first kappa shape index (κ1) is 16.1. The summed E-state index contributed by atoms with van der Waals surface area (Å²) in [6.45, 7) is 4.08. The Morgan fingerprint density at radius 2 is 2.05 bits per heavy atom. The molecule has 0 bridgehead atoms. The van der Waals surface area contributed by atoms with Gasteiger partial charge < -0.3 is 9.94 Å². The summed E-state index contributed by atoms with van der Waals surface area (Å²) in [5.41, 5.74) is 1.45. The van der Waals surface area contributed by atoms with Gasteiger partial charge in [0.15, 0.2) is 0 Å². The molecule has 1 aromatic rings. The fourth-order valence-corrected chi connectivity index (χ4v) is 2.16. The van der Waals surface area contributed by atoms with Crippen LogP contribution < -0.4 is 0 Å². The Labute approximate surface area is 128 Å². The van der Waals surface area contributed by atoms with Crippen molar-refractivity contribution in [2.75, 3.05) is 32.8 Å². The number of morpholine rings is 1. The molecule has 0 aliphatic carbocycles. The third kappa shape index (κ3) is 4.94. The number of nitrogens with zero attached hydrogens (tertiary/aromatic N) is 3. The summed E-state index contributed by atoms with van der Waals surface area (Å²) < 4.78 is 5.28. The second-order valence-electron chi connectivity index (χ2n) is 4.98. The molecule has 1 aromatic carbocycles. The maximum Gasteiger partial charge on any atom is 0.269 e. The van der Waals surface area contributed by atoms with E-state index in [4.69, 9.17) is 9.94 Å². The van der Waals surface area contributed by atoms with E-state index >= 15 is 0 Å². The largest absolute Gasteiger partial charge is 0.411 e. The lowest BCUT2D eigenvalue weighted by atomic mass is 10.1. The van der Waals surface area contributed by atoms with Gasteiger partial charge in [-0.25, -0.2) is 0 Å². The van der Waals surface area contributed by atoms with Gasteiger partial charge in [0.05, 0.1) is 23.8 Å². The van der Waals surface area contributed by atoms with Crippen LogP contribution in [0.1, 0.15) is 12.0 Å². The third-order valence-electron chi connectivity index (χ3n) is 3.49. The van der Waals surface area contributed by atoms with Crippen LogP contribution in [0.5, 0.6) is 0 Å². The molecule has 7 heteroatoms. The van der Waals surface area contributed by atoms with Crippen molar-refractivity contribution in [1.29, 1.82) is 0 Å². The van der Waals surface area contributed by atoms with E-state index in [1.54, 1.807) is 24.3 Å². The van der Waals surface area contributed by atoms with Gasteiger partial charge in [-0.3, -0.25) is 15.0 Å². The van der Waals surface area contributed by atoms with Gasteiger partial charge in [0.2, 0.25) is 0 Å². The van der Waals surface area contributed by atoms with E-state index in [-0.39, 0.29) is 5.69 Å². The number of oxime groups is 1. The standard InChI is InChI=1S/C15H19N3O4/c19-16-14(7-8-17-9-11-22-12-10-17)4-1-13-2-5-15(6-3-13)18(20)21/h1-6,19H,7-12H2/b4-1+,16-14-. The molecule has 1 saturated heterocycles. The van der Waals surface area contributed by atoms with E-state index in [1.807, 2.05) is 0 Å². The number of nitro groups is 1. The van der Waals surface area contributed by atoms with Crippen molar-refractivity contribution in [1.82, 2.24) is 4.90 Å². The molecule has 0 unspecified atom stereocenters. The molecule has 22 heavy (non-hydrogen) atoms. The van der Waals surface area contributed by atoms with Gasteiger partial charge in [-0.1, -0.05) is 11.2 Å². The van der Waals surface area contributed by atoms with Crippen molar-refractivity contribution in [3.05, 3.63) is 46.0 Å². The number of hydrogen-bond acceptors (Lipinski definition) is 6. The molecule has 0 radical (unpaired) electrons. The lowest BCUT2D eigenvalue weighted by Crippen LogP contribution is -2.37. The molecule has 1 aliphatic rings. The predicted molar refractivity (Wildman–Crippen MR) is 83.2 cm³/mol. The van der Waals surface area contributed by atoms with Crippen molar-refractivity contribution in [2.24, 2.45) is 5.16 Å². The molecule has 1 aliphatic heterocycles. The summed E-state index contributed by atoms with van der Waals surface area (Å²) in [5.74, 6) is 0. The van der Waals surface area contributed by atoms with Crippen molar-refractivity contribution in [3.8, 4) is 0 Å². The lowest BCUT2D eigenvalue weighted by molar-refractivity contribution is -0.384. The summed E-state index contributed by atoms with van der Waals surface area (Å²) in [6.07, 6.45) is 4.14. The minimum Gasteiger partial charge on any atom is -0.411 e. The maximum atomic E-state index is 10.6. The summed E-state index contributed by atoms with van der Waals surface area (Å²) in [5, 5.41) is 22.9. The summed E-state index contributed by atoms with van der Waals surface area (Å²) in [6, 6.07) is 6.21. The van der Waals surface area contributed by atoms with Crippen molar-refractivity contribution >= 4 is 17.5 Å². The van der Waals surface area contributed by atoms with Gasteiger partial charge in [0.25, 0.3) is 5.69 Å². The van der Waals surface area contributed by atoms with Crippen LogP contribution in [0.4, 0.5) is 5.69 Å². The van der Waals surface area contributed by atoms with Gasteiger partial charge >= 0.3 is 0 Å². The van der Waals surface area contributed by atoms with Crippen LogP contribution in [0, 0.1) is 10.1 Å². The molecule has 118 valence electrons. The first-order valence-electron chi connectivity index (χ1n) is 7.12. The molecule has 1 heterocycles. The highest BCUT2D eigenvalue weighted by molar-refractivity contribution is 5.97. The van der Waals surface area contributed by atoms with E-state index in [0.29, 0.717) is 12.1 Å². The summed E-state index contributed by atoms with van der Waals surface area (Å²) in [7, 11) is 0. The van der Waals surface area contributed by atoms with Gasteiger partial charge in [-0.2, -0.15) is 0 Å².